The lowest BCUT2D eigenvalue weighted by molar-refractivity contribution is 0.0531. The quantitative estimate of drug-likeness (QED) is 0.363. The van der Waals surface area contributed by atoms with Crippen molar-refractivity contribution in [1.29, 1.82) is 0 Å². The van der Waals surface area contributed by atoms with Gasteiger partial charge in [-0.05, 0) is 55.8 Å². The average Bonchev–Trinajstić information content (AvgIpc) is 3.34. The van der Waals surface area contributed by atoms with Gasteiger partial charge in [0.2, 0.25) is 0 Å². The number of thiazole rings is 1. The molecule has 0 spiro atoms. The molecule has 1 amide bonds. The maximum Gasteiger partial charge on any atom is 0.348 e. The normalized spacial score (nSPS) is 10.9. The highest BCUT2D eigenvalue weighted by Crippen LogP contribution is 2.43. The van der Waals surface area contributed by atoms with Crippen LogP contribution in [0.15, 0.2) is 48.5 Å². The molecule has 0 saturated heterocycles. The predicted molar refractivity (Wildman–Crippen MR) is 132 cm³/mol. The van der Waals surface area contributed by atoms with Gasteiger partial charge in [-0.2, -0.15) is 0 Å². The smallest absolute Gasteiger partial charge is 0.348 e. The Morgan fingerprint density at radius 2 is 1.78 bits per heavy atom. The van der Waals surface area contributed by atoms with Crippen LogP contribution in [0.5, 0.6) is 0 Å². The number of hydrogen-bond acceptors (Lipinski definition) is 7. The summed E-state index contributed by atoms with van der Waals surface area (Å²) in [6.07, 6.45) is 0. The highest BCUT2D eigenvalue weighted by Gasteiger charge is 2.25. The number of rotatable bonds is 6. The van der Waals surface area contributed by atoms with E-state index in [2.05, 4.69) is 5.32 Å². The van der Waals surface area contributed by atoms with Gasteiger partial charge >= 0.3 is 5.97 Å². The van der Waals surface area contributed by atoms with Gasteiger partial charge in [0.15, 0.2) is 0 Å². The Kier molecular flexibility index (Phi) is 6.25. The molecule has 0 radical (unpaired) electrons. The van der Waals surface area contributed by atoms with E-state index in [4.69, 9.17) is 9.72 Å². The van der Waals surface area contributed by atoms with Crippen molar-refractivity contribution in [2.75, 3.05) is 30.9 Å². The number of para-hydroxylation sites is 1. The van der Waals surface area contributed by atoms with E-state index in [-0.39, 0.29) is 12.5 Å². The molecule has 0 aliphatic rings. The first kappa shape index (κ1) is 22.0. The van der Waals surface area contributed by atoms with Gasteiger partial charge in [0.05, 0.1) is 16.8 Å². The summed E-state index contributed by atoms with van der Waals surface area (Å²) in [6.45, 7) is 3.92. The minimum atomic E-state index is -0.395. The number of thiophene rings is 1. The molecule has 0 unspecified atom stereocenters. The van der Waals surface area contributed by atoms with Gasteiger partial charge in [-0.25, -0.2) is 9.78 Å². The number of carbonyl (C=O) groups is 2. The van der Waals surface area contributed by atoms with Crippen molar-refractivity contribution >= 4 is 55.5 Å². The van der Waals surface area contributed by atoms with Crippen molar-refractivity contribution < 1.29 is 14.3 Å². The lowest BCUT2D eigenvalue weighted by Crippen LogP contribution is -2.13. The summed E-state index contributed by atoms with van der Waals surface area (Å²) in [7, 11) is 3.90. The van der Waals surface area contributed by atoms with Crippen LogP contribution in [0.1, 0.15) is 32.5 Å². The molecule has 164 valence electrons. The number of anilines is 2. The van der Waals surface area contributed by atoms with Crippen molar-refractivity contribution in [3.8, 4) is 10.6 Å². The molecule has 0 bridgehead atoms. The third-order valence-corrected chi connectivity index (χ3v) is 7.23. The molecule has 0 saturated carbocycles. The van der Waals surface area contributed by atoms with E-state index in [9.17, 15) is 9.59 Å². The van der Waals surface area contributed by atoms with Crippen molar-refractivity contribution in [3.05, 3.63) is 64.5 Å². The summed E-state index contributed by atoms with van der Waals surface area (Å²) in [4.78, 5) is 32.8. The molecule has 6 nitrogen and oxygen atoms in total. The first-order valence-electron chi connectivity index (χ1n) is 10.1. The molecule has 4 rings (SSSR count). The number of hydrogen-bond donors (Lipinski definition) is 1. The van der Waals surface area contributed by atoms with Crippen LogP contribution in [-0.2, 0) is 4.74 Å². The van der Waals surface area contributed by atoms with Crippen molar-refractivity contribution in [2.24, 2.45) is 0 Å². The fourth-order valence-corrected chi connectivity index (χ4v) is 5.55. The van der Waals surface area contributed by atoms with Crippen LogP contribution in [-0.4, -0.2) is 37.6 Å². The predicted octanol–water partition coefficient (Wildman–Crippen LogP) is 5.83. The summed E-state index contributed by atoms with van der Waals surface area (Å²) < 4.78 is 6.28. The summed E-state index contributed by atoms with van der Waals surface area (Å²) in [5, 5.41) is 4.35. The second-order valence-corrected chi connectivity index (χ2v) is 9.41. The summed E-state index contributed by atoms with van der Waals surface area (Å²) in [6, 6.07) is 15.2. The topological polar surface area (TPSA) is 71.5 Å². The van der Waals surface area contributed by atoms with Gasteiger partial charge in [-0.15, -0.1) is 22.7 Å². The van der Waals surface area contributed by atoms with E-state index in [1.54, 1.807) is 19.1 Å². The molecule has 0 aliphatic carbocycles. The lowest BCUT2D eigenvalue weighted by Gasteiger charge is -2.12. The molecule has 0 fully saturated rings. The molecule has 8 heteroatoms. The molecular weight excluding hydrogens is 442 g/mol. The lowest BCUT2D eigenvalue weighted by atomic mass is 10.1. The van der Waals surface area contributed by atoms with E-state index >= 15 is 0 Å². The Morgan fingerprint density at radius 1 is 1.06 bits per heavy atom. The fourth-order valence-electron chi connectivity index (χ4n) is 3.32. The Hall–Kier alpha value is -3.23. The van der Waals surface area contributed by atoms with Crippen LogP contribution in [0, 0.1) is 6.92 Å². The molecular formula is C24H23N3O3S2. The zero-order valence-electron chi connectivity index (χ0n) is 18.3. The van der Waals surface area contributed by atoms with Crippen molar-refractivity contribution in [1.82, 2.24) is 4.98 Å². The zero-order chi connectivity index (χ0) is 22.8. The number of benzene rings is 2. The third-order valence-electron chi connectivity index (χ3n) is 4.99. The van der Waals surface area contributed by atoms with E-state index in [1.165, 1.54) is 22.7 Å². The number of carbonyl (C=O) groups excluding carboxylic acids is 2. The largest absolute Gasteiger partial charge is 0.462 e. The minimum Gasteiger partial charge on any atom is -0.462 e. The molecule has 32 heavy (non-hydrogen) atoms. The summed E-state index contributed by atoms with van der Waals surface area (Å²) >= 11 is 2.75. The number of esters is 1. The van der Waals surface area contributed by atoms with Crippen molar-refractivity contribution in [2.45, 2.75) is 13.8 Å². The van der Waals surface area contributed by atoms with Gasteiger partial charge in [0.1, 0.15) is 14.9 Å². The number of nitrogens with zero attached hydrogens (tertiary/aromatic N) is 2. The number of fused-ring (bicyclic) bond motifs is 1. The highest BCUT2D eigenvalue weighted by atomic mass is 32.1. The fraction of sp³-hybridized carbons (Fsp3) is 0.208. The average molecular weight is 466 g/mol. The summed E-state index contributed by atoms with van der Waals surface area (Å²) in [5.41, 5.74) is 3.94. The number of aromatic nitrogens is 1. The van der Waals surface area contributed by atoms with E-state index in [0.717, 1.165) is 32.0 Å². The van der Waals surface area contributed by atoms with E-state index in [0.29, 0.717) is 15.4 Å². The Morgan fingerprint density at radius 3 is 2.44 bits per heavy atom. The Balaban J connectivity index is 1.75. The van der Waals surface area contributed by atoms with Gasteiger partial charge < -0.3 is 15.0 Å². The summed E-state index contributed by atoms with van der Waals surface area (Å²) in [5.74, 6) is -0.637. The maximum atomic E-state index is 13.0. The molecule has 0 aliphatic heterocycles. The molecule has 2 aromatic heterocycles. The van der Waals surface area contributed by atoms with Crippen LogP contribution >= 0.6 is 22.7 Å². The monoisotopic (exact) mass is 465 g/mol. The standard InChI is InChI=1S/C24H23N3O3S2/c1-5-30-24(29)20-14(2)19(22-25-17-8-6-7-9-18(17)31-22)23(32-20)26-21(28)15-10-12-16(13-11-15)27(3)4/h6-13H,5H2,1-4H3,(H,26,28). The van der Waals surface area contributed by atoms with Crippen LogP contribution in [0.25, 0.3) is 20.8 Å². The maximum absolute atomic E-state index is 13.0. The van der Waals surface area contributed by atoms with Gasteiger partial charge in [-0.1, -0.05) is 12.1 Å². The third kappa shape index (κ3) is 4.24. The first-order valence-corrected chi connectivity index (χ1v) is 11.8. The number of nitrogens with one attached hydrogen (secondary N) is 1. The molecule has 4 aromatic rings. The van der Waals surface area contributed by atoms with Crippen LogP contribution in [0.2, 0.25) is 0 Å². The van der Waals surface area contributed by atoms with Crippen molar-refractivity contribution in [3.63, 3.8) is 0 Å². The van der Waals surface area contributed by atoms with Crippen LogP contribution in [0.3, 0.4) is 0 Å². The SMILES string of the molecule is CCOC(=O)c1sc(NC(=O)c2ccc(N(C)C)cc2)c(-c2nc3ccccc3s2)c1C. The van der Waals surface area contributed by atoms with Crippen LogP contribution in [0.4, 0.5) is 10.7 Å². The molecule has 2 aromatic carbocycles. The Labute approximate surface area is 194 Å². The second-order valence-electron chi connectivity index (χ2n) is 7.36. The Bertz CT molecular complexity index is 1260. The van der Waals surface area contributed by atoms with E-state index in [1.807, 2.05) is 62.3 Å². The molecule has 0 atom stereocenters. The number of amides is 1. The van der Waals surface area contributed by atoms with Gasteiger partial charge in [0, 0.05) is 30.9 Å². The highest BCUT2D eigenvalue weighted by molar-refractivity contribution is 7.23. The van der Waals surface area contributed by atoms with Crippen LogP contribution < -0.4 is 10.2 Å². The molecule has 1 N–H and O–H groups in total. The van der Waals surface area contributed by atoms with Gasteiger partial charge in [0.25, 0.3) is 5.91 Å². The van der Waals surface area contributed by atoms with Gasteiger partial charge in [-0.3, -0.25) is 4.79 Å². The first-order chi connectivity index (χ1) is 15.4. The van der Waals surface area contributed by atoms with E-state index < -0.39 is 5.97 Å². The molecule has 2 heterocycles. The minimum absolute atomic E-state index is 0.241. The zero-order valence-corrected chi connectivity index (χ0v) is 19.9. The number of ether oxygens (including phenoxy) is 1. The second kappa shape index (κ2) is 9.10.